The number of methoxy groups -OCH3 is 3. The van der Waals surface area contributed by atoms with Crippen molar-refractivity contribution in [1.29, 1.82) is 0 Å². The minimum atomic E-state index is -0.566. The van der Waals surface area contributed by atoms with E-state index in [4.69, 9.17) is 28.7 Å². The van der Waals surface area contributed by atoms with Crippen LogP contribution in [0.5, 0.6) is 23.0 Å². The number of esters is 1. The number of fused-ring (bicyclic) bond motifs is 1. The smallest absolute Gasteiger partial charge is 0.336 e. The van der Waals surface area contributed by atoms with Gasteiger partial charge in [0.15, 0.2) is 23.0 Å². The van der Waals surface area contributed by atoms with Gasteiger partial charge in [-0.1, -0.05) is 19.1 Å². The van der Waals surface area contributed by atoms with Crippen LogP contribution in [0.15, 0.2) is 52.7 Å². The zero-order valence-corrected chi connectivity index (χ0v) is 25.2. The van der Waals surface area contributed by atoms with Crippen LogP contribution in [0.3, 0.4) is 0 Å². The maximum Gasteiger partial charge on any atom is 0.336 e. The molecule has 2 fully saturated rings. The summed E-state index contributed by atoms with van der Waals surface area (Å²) >= 11 is 0. The predicted molar refractivity (Wildman–Crippen MR) is 160 cm³/mol. The number of carbonyl (C=O) groups is 2. The first kappa shape index (κ1) is 29.7. The Kier molecular flexibility index (Phi) is 9.19. The number of rotatable bonds is 10. The van der Waals surface area contributed by atoms with Crippen LogP contribution >= 0.6 is 0 Å². The van der Waals surface area contributed by atoms with Gasteiger partial charge in [0, 0.05) is 23.7 Å². The summed E-state index contributed by atoms with van der Waals surface area (Å²) < 4.78 is 28.5. The SMILES string of the molecule is CCCOc1ccc([C@@H]2C(C(=O)OC3CCCC3)=C(C)N=C3C[C@@H](c4ccc(OC)c(OC)c4)CC(=O)C32)cc1OC. The van der Waals surface area contributed by atoms with Crippen LogP contribution < -0.4 is 18.9 Å². The van der Waals surface area contributed by atoms with Crippen molar-refractivity contribution < 1.29 is 33.3 Å². The second-order valence-electron chi connectivity index (χ2n) is 11.3. The van der Waals surface area contributed by atoms with Crippen LogP contribution in [0.1, 0.15) is 81.8 Å². The molecular formula is C34H41NO7. The van der Waals surface area contributed by atoms with Crippen molar-refractivity contribution in [3.8, 4) is 23.0 Å². The van der Waals surface area contributed by atoms with Crippen LogP contribution in [0.4, 0.5) is 0 Å². The quantitative estimate of drug-likeness (QED) is 0.296. The van der Waals surface area contributed by atoms with Crippen LogP contribution in [-0.4, -0.2) is 51.5 Å². The van der Waals surface area contributed by atoms with Gasteiger partial charge in [-0.05, 0) is 86.8 Å². The number of nitrogens with zero attached hydrogens (tertiary/aromatic N) is 1. The normalized spacial score (nSPS) is 22.4. The number of Topliss-reactive ketones (excluding diaryl/α,β-unsaturated/α-hetero) is 1. The molecule has 2 aromatic carbocycles. The number of ketones is 1. The monoisotopic (exact) mass is 575 g/mol. The van der Waals surface area contributed by atoms with Gasteiger partial charge in [0.25, 0.3) is 0 Å². The van der Waals surface area contributed by atoms with Gasteiger partial charge in [0.1, 0.15) is 11.9 Å². The third kappa shape index (κ3) is 5.90. The second-order valence-corrected chi connectivity index (χ2v) is 11.3. The summed E-state index contributed by atoms with van der Waals surface area (Å²) in [6.07, 6.45) is 5.53. The molecule has 0 saturated heterocycles. The second kappa shape index (κ2) is 13.0. The van der Waals surface area contributed by atoms with Crippen molar-refractivity contribution in [2.75, 3.05) is 27.9 Å². The lowest BCUT2D eigenvalue weighted by Crippen LogP contribution is -2.41. The molecule has 0 bridgehead atoms. The lowest BCUT2D eigenvalue weighted by molar-refractivity contribution is -0.144. The Balaban J connectivity index is 1.54. The van der Waals surface area contributed by atoms with E-state index in [9.17, 15) is 9.59 Å². The van der Waals surface area contributed by atoms with Gasteiger partial charge in [-0.3, -0.25) is 9.79 Å². The van der Waals surface area contributed by atoms with Gasteiger partial charge < -0.3 is 23.7 Å². The lowest BCUT2D eigenvalue weighted by atomic mass is 9.66. The van der Waals surface area contributed by atoms with Crippen molar-refractivity contribution in [2.24, 2.45) is 10.9 Å². The van der Waals surface area contributed by atoms with E-state index in [1.807, 2.05) is 50.2 Å². The minimum Gasteiger partial charge on any atom is -0.493 e. The molecule has 1 unspecified atom stereocenters. The Morgan fingerprint density at radius 1 is 0.857 bits per heavy atom. The average molecular weight is 576 g/mol. The first-order chi connectivity index (χ1) is 20.4. The van der Waals surface area contributed by atoms with E-state index in [1.165, 1.54) is 0 Å². The molecule has 0 N–H and O–H groups in total. The first-order valence-electron chi connectivity index (χ1n) is 14.9. The van der Waals surface area contributed by atoms with Crippen molar-refractivity contribution in [3.05, 3.63) is 58.8 Å². The first-order valence-corrected chi connectivity index (χ1v) is 14.9. The minimum absolute atomic E-state index is 0.0497. The van der Waals surface area contributed by atoms with Gasteiger partial charge in [-0.15, -0.1) is 0 Å². The molecule has 8 nitrogen and oxygen atoms in total. The number of hydrogen-bond acceptors (Lipinski definition) is 8. The van der Waals surface area contributed by atoms with E-state index >= 15 is 0 Å². The van der Waals surface area contributed by atoms with Crippen molar-refractivity contribution >= 4 is 17.5 Å². The molecule has 8 heteroatoms. The number of benzene rings is 2. The van der Waals surface area contributed by atoms with E-state index in [2.05, 4.69) is 0 Å². The highest BCUT2D eigenvalue weighted by Gasteiger charge is 2.46. The van der Waals surface area contributed by atoms with E-state index in [-0.39, 0.29) is 23.8 Å². The highest BCUT2D eigenvalue weighted by Crippen LogP contribution is 2.48. The fourth-order valence-electron chi connectivity index (χ4n) is 6.57. The summed E-state index contributed by atoms with van der Waals surface area (Å²) in [5, 5.41) is 0. The maximum absolute atomic E-state index is 14.1. The highest BCUT2D eigenvalue weighted by molar-refractivity contribution is 6.12. The predicted octanol–water partition coefficient (Wildman–Crippen LogP) is 6.56. The molecular weight excluding hydrogens is 534 g/mol. The van der Waals surface area contributed by atoms with Gasteiger partial charge in [0.2, 0.25) is 0 Å². The Bertz CT molecular complexity index is 1390. The van der Waals surface area contributed by atoms with Gasteiger partial charge in [-0.2, -0.15) is 0 Å². The molecule has 2 aliphatic carbocycles. The third-order valence-corrected chi connectivity index (χ3v) is 8.64. The van der Waals surface area contributed by atoms with Crippen LogP contribution in [0.2, 0.25) is 0 Å². The number of allylic oxidation sites excluding steroid dienone is 1. The van der Waals surface area contributed by atoms with Crippen LogP contribution in [-0.2, 0) is 14.3 Å². The summed E-state index contributed by atoms with van der Waals surface area (Å²) in [6, 6.07) is 11.5. The van der Waals surface area contributed by atoms with E-state index in [0.29, 0.717) is 53.7 Å². The fourth-order valence-corrected chi connectivity index (χ4v) is 6.57. The Morgan fingerprint density at radius 2 is 1.50 bits per heavy atom. The number of hydrogen-bond donors (Lipinski definition) is 0. The zero-order chi connectivity index (χ0) is 29.8. The van der Waals surface area contributed by atoms with E-state index < -0.39 is 11.8 Å². The van der Waals surface area contributed by atoms with Gasteiger partial charge in [0.05, 0.1) is 39.4 Å². The molecule has 1 heterocycles. The van der Waals surface area contributed by atoms with Crippen molar-refractivity contribution in [3.63, 3.8) is 0 Å². The Morgan fingerprint density at radius 3 is 2.19 bits per heavy atom. The molecule has 3 aliphatic rings. The Hall–Kier alpha value is -3.81. The molecule has 2 saturated carbocycles. The molecule has 224 valence electrons. The standard InChI is InChI=1S/C34H41NO7/c1-6-15-41-28-14-12-22(19-30(28)40-5)32-31(34(37)42-24-9-7-8-10-24)20(2)35-25-16-23(17-26(36)33(25)32)21-11-13-27(38-3)29(18-21)39-4/h11-14,18-19,23-24,32-33H,6-10,15-17H2,1-5H3/t23-,32-,33?/m1/s1. The fraction of sp³-hybridized carbons (Fsp3) is 0.500. The summed E-state index contributed by atoms with van der Waals surface area (Å²) in [7, 11) is 4.80. The van der Waals surface area contributed by atoms with E-state index in [0.717, 1.165) is 48.9 Å². The number of aliphatic imine (C=N–C) groups is 1. The number of ether oxygens (including phenoxy) is 5. The molecule has 2 aromatic rings. The van der Waals surface area contributed by atoms with E-state index in [1.54, 1.807) is 21.3 Å². The van der Waals surface area contributed by atoms with Crippen LogP contribution in [0, 0.1) is 5.92 Å². The molecule has 0 aromatic heterocycles. The summed E-state index contributed by atoms with van der Waals surface area (Å²) in [6.45, 7) is 4.46. The zero-order valence-electron chi connectivity index (χ0n) is 25.2. The average Bonchev–Trinajstić information content (AvgIpc) is 3.51. The lowest BCUT2D eigenvalue weighted by Gasteiger charge is -2.38. The molecule has 0 amide bonds. The number of carbonyl (C=O) groups excluding carboxylic acids is 2. The topological polar surface area (TPSA) is 92.7 Å². The highest BCUT2D eigenvalue weighted by atomic mass is 16.5. The molecule has 0 spiro atoms. The van der Waals surface area contributed by atoms with Crippen LogP contribution in [0.25, 0.3) is 0 Å². The summed E-state index contributed by atoms with van der Waals surface area (Å²) in [4.78, 5) is 32.8. The van der Waals surface area contributed by atoms with Gasteiger partial charge in [-0.25, -0.2) is 4.79 Å². The van der Waals surface area contributed by atoms with Crippen molar-refractivity contribution in [2.45, 2.75) is 76.7 Å². The third-order valence-electron chi connectivity index (χ3n) is 8.64. The maximum atomic E-state index is 14.1. The molecule has 1 aliphatic heterocycles. The molecule has 0 radical (unpaired) electrons. The van der Waals surface area contributed by atoms with Gasteiger partial charge >= 0.3 is 5.97 Å². The summed E-state index contributed by atoms with van der Waals surface area (Å²) in [5.74, 6) is 0.972. The Labute approximate surface area is 248 Å². The van der Waals surface area contributed by atoms with Crippen molar-refractivity contribution in [1.82, 2.24) is 0 Å². The molecule has 5 rings (SSSR count). The molecule has 42 heavy (non-hydrogen) atoms. The largest absolute Gasteiger partial charge is 0.493 e. The molecule has 3 atom stereocenters. The summed E-state index contributed by atoms with van der Waals surface area (Å²) in [5.41, 5.74) is 3.64.